The van der Waals surface area contributed by atoms with E-state index in [0.717, 1.165) is 12.2 Å². The van der Waals surface area contributed by atoms with Crippen molar-refractivity contribution in [2.75, 3.05) is 5.32 Å². The highest BCUT2D eigenvalue weighted by Gasteiger charge is 1.99. The third kappa shape index (κ3) is 3.93. The molecule has 5 nitrogen and oxygen atoms in total. The average Bonchev–Trinajstić information content (AvgIpc) is 2.26. The standard InChI is InChI=1S/C11H11NO4/c13-7-8-2-1-3-9(6-8)12-10(14)4-5-11(15)16/h1-6,13H,7H2,(H,12,14)(H,15,16)/b5-4+. The Balaban J connectivity index is 2.65. The molecule has 5 heteroatoms. The molecule has 0 radical (unpaired) electrons. The van der Waals surface area contributed by atoms with Crippen LogP contribution in [0.3, 0.4) is 0 Å². The molecule has 0 unspecified atom stereocenters. The van der Waals surface area contributed by atoms with Gasteiger partial charge in [-0.05, 0) is 17.7 Å². The van der Waals surface area contributed by atoms with Crippen LogP contribution in [0.2, 0.25) is 0 Å². The van der Waals surface area contributed by atoms with Gasteiger partial charge in [0.25, 0.3) is 0 Å². The summed E-state index contributed by atoms with van der Waals surface area (Å²) in [7, 11) is 0. The minimum absolute atomic E-state index is 0.116. The maximum atomic E-state index is 11.2. The lowest BCUT2D eigenvalue weighted by molar-refractivity contribution is -0.131. The number of anilines is 1. The van der Waals surface area contributed by atoms with Crippen molar-refractivity contribution < 1.29 is 19.8 Å². The summed E-state index contributed by atoms with van der Waals surface area (Å²) in [5, 5.41) is 19.7. The van der Waals surface area contributed by atoms with Crippen molar-refractivity contribution in [2.24, 2.45) is 0 Å². The molecule has 1 aromatic rings. The van der Waals surface area contributed by atoms with Gasteiger partial charge in [-0.3, -0.25) is 4.79 Å². The van der Waals surface area contributed by atoms with Gasteiger partial charge in [0, 0.05) is 17.8 Å². The molecule has 0 aliphatic carbocycles. The molecule has 0 atom stereocenters. The van der Waals surface area contributed by atoms with Gasteiger partial charge in [-0.15, -0.1) is 0 Å². The second-order valence-electron chi connectivity index (χ2n) is 3.02. The Labute approximate surface area is 92.0 Å². The topological polar surface area (TPSA) is 86.6 Å². The second kappa shape index (κ2) is 5.67. The molecule has 0 fully saturated rings. The predicted molar refractivity (Wildman–Crippen MR) is 57.8 cm³/mol. The molecule has 0 aliphatic rings. The smallest absolute Gasteiger partial charge is 0.328 e. The molecule has 1 aromatic carbocycles. The predicted octanol–water partition coefficient (Wildman–Crippen LogP) is 0.758. The van der Waals surface area contributed by atoms with Gasteiger partial charge < -0.3 is 15.5 Å². The molecule has 1 amide bonds. The fourth-order valence-corrected chi connectivity index (χ4v) is 1.08. The molecule has 0 spiro atoms. The van der Waals surface area contributed by atoms with Gasteiger partial charge in [-0.2, -0.15) is 0 Å². The van der Waals surface area contributed by atoms with E-state index >= 15 is 0 Å². The summed E-state index contributed by atoms with van der Waals surface area (Å²) in [5.74, 6) is -1.71. The Morgan fingerprint density at radius 1 is 1.31 bits per heavy atom. The van der Waals surface area contributed by atoms with E-state index in [1.165, 1.54) is 0 Å². The Bertz CT molecular complexity index is 426. The fourth-order valence-electron chi connectivity index (χ4n) is 1.08. The molecule has 0 saturated carbocycles. The maximum absolute atomic E-state index is 11.2. The lowest BCUT2D eigenvalue weighted by atomic mass is 10.2. The lowest BCUT2D eigenvalue weighted by Gasteiger charge is -2.03. The summed E-state index contributed by atoms with van der Waals surface area (Å²) in [6.07, 6.45) is 1.68. The molecule has 84 valence electrons. The Hall–Kier alpha value is -2.14. The number of aliphatic hydroxyl groups is 1. The first-order chi connectivity index (χ1) is 7.61. The normalized spacial score (nSPS) is 10.3. The minimum Gasteiger partial charge on any atom is -0.478 e. The zero-order chi connectivity index (χ0) is 12.0. The van der Waals surface area contributed by atoms with Crippen LogP contribution >= 0.6 is 0 Å². The van der Waals surface area contributed by atoms with E-state index in [1.54, 1.807) is 24.3 Å². The van der Waals surface area contributed by atoms with Crippen LogP contribution in [0.4, 0.5) is 5.69 Å². The Kier molecular flexibility index (Phi) is 4.23. The van der Waals surface area contributed by atoms with E-state index < -0.39 is 11.9 Å². The summed E-state index contributed by atoms with van der Waals surface area (Å²) in [4.78, 5) is 21.3. The molecular formula is C11H11NO4. The first-order valence-corrected chi connectivity index (χ1v) is 4.53. The number of aliphatic carboxylic acids is 1. The highest BCUT2D eigenvalue weighted by Crippen LogP contribution is 2.10. The van der Waals surface area contributed by atoms with E-state index in [1.807, 2.05) is 0 Å². The number of amides is 1. The van der Waals surface area contributed by atoms with Crippen molar-refractivity contribution in [1.29, 1.82) is 0 Å². The summed E-state index contributed by atoms with van der Waals surface area (Å²) in [6.45, 7) is -0.116. The largest absolute Gasteiger partial charge is 0.478 e. The molecule has 0 heterocycles. The van der Waals surface area contributed by atoms with Gasteiger partial charge in [0.15, 0.2) is 0 Å². The fraction of sp³-hybridized carbons (Fsp3) is 0.0909. The van der Waals surface area contributed by atoms with E-state index in [9.17, 15) is 9.59 Å². The number of benzene rings is 1. The summed E-state index contributed by atoms with van der Waals surface area (Å²) in [6, 6.07) is 6.64. The van der Waals surface area contributed by atoms with E-state index in [2.05, 4.69) is 5.32 Å². The Morgan fingerprint density at radius 3 is 2.69 bits per heavy atom. The molecule has 1 rings (SSSR count). The first kappa shape index (κ1) is 11.9. The van der Waals surface area contributed by atoms with Crippen molar-refractivity contribution in [3.8, 4) is 0 Å². The Morgan fingerprint density at radius 2 is 2.06 bits per heavy atom. The first-order valence-electron chi connectivity index (χ1n) is 4.53. The van der Waals surface area contributed by atoms with Gasteiger partial charge in [0.2, 0.25) is 5.91 Å². The number of carboxylic acid groups (broad SMARTS) is 1. The summed E-state index contributed by atoms with van der Waals surface area (Å²) >= 11 is 0. The van der Waals surface area contributed by atoms with Crippen LogP contribution in [0.25, 0.3) is 0 Å². The third-order valence-electron chi connectivity index (χ3n) is 1.75. The quantitative estimate of drug-likeness (QED) is 0.655. The zero-order valence-electron chi connectivity index (χ0n) is 8.38. The molecule has 0 aliphatic heterocycles. The van der Waals surface area contributed by atoms with Crippen LogP contribution in [0.15, 0.2) is 36.4 Å². The maximum Gasteiger partial charge on any atom is 0.328 e. The number of carbonyl (C=O) groups excluding carboxylic acids is 1. The zero-order valence-corrected chi connectivity index (χ0v) is 8.38. The third-order valence-corrected chi connectivity index (χ3v) is 1.75. The highest BCUT2D eigenvalue weighted by atomic mass is 16.4. The number of hydrogen-bond acceptors (Lipinski definition) is 3. The summed E-state index contributed by atoms with van der Waals surface area (Å²) in [5.41, 5.74) is 1.17. The second-order valence-corrected chi connectivity index (χ2v) is 3.02. The number of rotatable bonds is 4. The number of hydrogen-bond donors (Lipinski definition) is 3. The van der Waals surface area contributed by atoms with Crippen molar-refractivity contribution in [1.82, 2.24) is 0 Å². The highest BCUT2D eigenvalue weighted by molar-refractivity contribution is 6.02. The molecule has 16 heavy (non-hydrogen) atoms. The van der Waals surface area contributed by atoms with E-state index in [4.69, 9.17) is 10.2 Å². The van der Waals surface area contributed by atoms with Crippen molar-refractivity contribution in [3.63, 3.8) is 0 Å². The number of nitrogens with one attached hydrogen (secondary N) is 1. The number of aliphatic hydroxyl groups excluding tert-OH is 1. The van der Waals surface area contributed by atoms with Gasteiger partial charge in [0.1, 0.15) is 0 Å². The minimum atomic E-state index is -1.18. The average molecular weight is 221 g/mol. The van der Waals surface area contributed by atoms with Crippen LogP contribution in [0.5, 0.6) is 0 Å². The van der Waals surface area contributed by atoms with Crippen molar-refractivity contribution in [2.45, 2.75) is 6.61 Å². The SMILES string of the molecule is O=C(O)/C=C/C(=O)Nc1cccc(CO)c1. The lowest BCUT2D eigenvalue weighted by Crippen LogP contribution is -2.08. The van der Waals surface area contributed by atoms with Crippen LogP contribution in [0.1, 0.15) is 5.56 Å². The van der Waals surface area contributed by atoms with Crippen LogP contribution in [-0.4, -0.2) is 22.1 Å². The molecule has 0 bridgehead atoms. The van der Waals surface area contributed by atoms with Gasteiger partial charge in [-0.1, -0.05) is 12.1 Å². The van der Waals surface area contributed by atoms with Crippen LogP contribution < -0.4 is 5.32 Å². The monoisotopic (exact) mass is 221 g/mol. The van der Waals surface area contributed by atoms with Crippen molar-refractivity contribution >= 4 is 17.6 Å². The summed E-state index contributed by atoms with van der Waals surface area (Å²) < 4.78 is 0. The number of carboxylic acids is 1. The van der Waals surface area contributed by atoms with Gasteiger partial charge in [-0.25, -0.2) is 4.79 Å². The molecule has 3 N–H and O–H groups in total. The molecule has 0 saturated heterocycles. The number of carbonyl (C=O) groups is 2. The molecule has 0 aromatic heterocycles. The van der Waals surface area contributed by atoms with Gasteiger partial charge in [0.05, 0.1) is 6.61 Å². The van der Waals surface area contributed by atoms with E-state index in [0.29, 0.717) is 11.3 Å². The van der Waals surface area contributed by atoms with Crippen LogP contribution in [0, 0.1) is 0 Å². The van der Waals surface area contributed by atoms with Crippen LogP contribution in [-0.2, 0) is 16.2 Å². The van der Waals surface area contributed by atoms with Crippen molar-refractivity contribution in [3.05, 3.63) is 42.0 Å². The van der Waals surface area contributed by atoms with E-state index in [-0.39, 0.29) is 6.61 Å². The molecular weight excluding hydrogens is 210 g/mol. The van der Waals surface area contributed by atoms with Gasteiger partial charge >= 0.3 is 5.97 Å².